The Kier molecular flexibility index (Phi) is 8.07. The molecule has 2 unspecified atom stereocenters. The van der Waals surface area contributed by atoms with Crippen LogP contribution in [0.5, 0.6) is 0 Å². The molecule has 1 aliphatic carbocycles. The lowest BCUT2D eigenvalue weighted by Gasteiger charge is -2.31. The Morgan fingerprint density at radius 2 is 2.05 bits per heavy atom. The van der Waals surface area contributed by atoms with Crippen LogP contribution < -0.4 is 5.73 Å². The molecule has 4 nitrogen and oxygen atoms in total. The third kappa shape index (κ3) is 5.91. The fourth-order valence-corrected chi connectivity index (χ4v) is 2.89. The molecule has 0 aromatic rings. The molecule has 1 fully saturated rings. The highest BCUT2D eigenvalue weighted by Crippen LogP contribution is 2.25. The first-order valence-electron chi connectivity index (χ1n) is 7.84. The van der Waals surface area contributed by atoms with Gasteiger partial charge in [-0.1, -0.05) is 32.6 Å². The minimum absolute atomic E-state index is 0.0539. The maximum absolute atomic E-state index is 12.5. The highest BCUT2D eigenvalue weighted by Gasteiger charge is 2.28. The Balaban J connectivity index is 2.42. The van der Waals surface area contributed by atoms with Crippen LogP contribution in [-0.4, -0.2) is 41.7 Å². The largest absolute Gasteiger partial charge is 0.395 e. The molecule has 4 heteroatoms. The molecule has 0 aromatic heterocycles. The van der Waals surface area contributed by atoms with Crippen LogP contribution in [0, 0.1) is 5.92 Å². The molecule has 3 N–H and O–H groups in total. The number of rotatable bonds is 8. The van der Waals surface area contributed by atoms with Crippen molar-refractivity contribution in [2.45, 2.75) is 64.3 Å². The van der Waals surface area contributed by atoms with Gasteiger partial charge in [-0.25, -0.2) is 0 Å². The first kappa shape index (κ1) is 16.4. The lowest BCUT2D eigenvalue weighted by atomic mass is 9.85. The Morgan fingerprint density at radius 3 is 2.68 bits per heavy atom. The number of nitrogens with two attached hydrogens (primary N) is 1. The second-order valence-electron chi connectivity index (χ2n) is 5.73. The summed E-state index contributed by atoms with van der Waals surface area (Å²) >= 11 is 0. The van der Waals surface area contributed by atoms with Crippen molar-refractivity contribution in [3.05, 3.63) is 0 Å². The first-order valence-corrected chi connectivity index (χ1v) is 7.84. The number of aliphatic hydroxyl groups is 1. The molecule has 0 heterocycles. The van der Waals surface area contributed by atoms with E-state index in [2.05, 4.69) is 6.92 Å². The van der Waals surface area contributed by atoms with Gasteiger partial charge in [0.2, 0.25) is 5.91 Å². The molecule has 112 valence electrons. The minimum Gasteiger partial charge on any atom is -0.395 e. The number of hydrogen-bond donors (Lipinski definition) is 2. The molecular formula is C15H30N2O2. The Bertz CT molecular complexity index is 259. The molecule has 0 saturated heterocycles. The van der Waals surface area contributed by atoms with E-state index in [0.717, 1.165) is 45.1 Å². The van der Waals surface area contributed by atoms with Gasteiger partial charge in [-0.15, -0.1) is 0 Å². The van der Waals surface area contributed by atoms with Crippen LogP contribution in [-0.2, 0) is 4.79 Å². The monoisotopic (exact) mass is 270 g/mol. The number of hydrogen-bond acceptors (Lipinski definition) is 3. The number of amides is 1. The van der Waals surface area contributed by atoms with Crippen LogP contribution in [0.3, 0.4) is 0 Å². The van der Waals surface area contributed by atoms with Crippen molar-refractivity contribution in [2.24, 2.45) is 11.7 Å². The number of carbonyl (C=O) groups is 1. The summed E-state index contributed by atoms with van der Waals surface area (Å²) < 4.78 is 0. The second-order valence-corrected chi connectivity index (χ2v) is 5.73. The third-order valence-electron chi connectivity index (χ3n) is 4.03. The van der Waals surface area contributed by atoms with E-state index in [4.69, 9.17) is 10.8 Å². The Hall–Kier alpha value is -0.610. The second kappa shape index (κ2) is 9.32. The predicted molar refractivity (Wildman–Crippen MR) is 77.7 cm³/mol. The van der Waals surface area contributed by atoms with Gasteiger partial charge in [0.15, 0.2) is 0 Å². The van der Waals surface area contributed by atoms with Crippen LogP contribution in [0.4, 0.5) is 0 Å². The first-order chi connectivity index (χ1) is 9.19. The molecule has 19 heavy (non-hydrogen) atoms. The SMILES string of the molecule is CCCCCCN(CCO)C(=O)C1CCCC(N)C1. The van der Waals surface area contributed by atoms with Gasteiger partial charge >= 0.3 is 0 Å². The zero-order chi connectivity index (χ0) is 14.1. The van der Waals surface area contributed by atoms with E-state index in [1.807, 2.05) is 4.90 Å². The van der Waals surface area contributed by atoms with Crippen molar-refractivity contribution in [1.82, 2.24) is 4.90 Å². The van der Waals surface area contributed by atoms with Crippen LogP contribution in [0.1, 0.15) is 58.3 Å². The summed E-state index contributed by atoms with van der Waals surface area (Å²) in [5.74, 6) is 0.294. The van der Waals surface area contributed by atoms with E-state index in [9.17, 15) is 4.79 Å². The van der Waals surface area contributed by atoms with Gasteiger partial charge in [0, 0.05) is 25.0 Å². The molecule has 0 aliphatic heterocycles. The van der Waals surface area contributed by atoms with E-state index in [1.54, 1.807) is 0 Å². The fraction of sp³-hybridized carbons (Fsp3) is 0.933. The lowest BCUT2D eigenvalue weighted by Crippen LogP contribution is -2.42. The standard InChI is InChI=1S/C15H30N2O2/c1-2-3-4-5-9-17(10-11-18)15(19)13-7-6-8-14(16)12-13/h13-14,18H,2-12,16H2,1H3. The lowest BCUT2D eigenvalue weighted by molar-refractivity contribution is -0.137. The molecule has 0 radical (unpaired) electrons. The number of aliphatic hydroxyl groups excluding tert-OH is 1. The normalized spacial score (nSPS) is 23.3. The van der Waals surface area contributed by atoms with Crippen LogP contribution >= 0.6 is 0 Å². The van der Waals surface area contributed by atoms with Gasteiger partial charge in [-0.2, -0.15) is 0 Å². The third-order valence-corrected chi connectivity index (χ3v) is 4.03. The Labute approximate surface area is 117 Å². The maximum Gasteiger partial charge on any atom is 0.225 e. The molecule has 2 atom stereocenters. The van der Waals surface area contributed by atoms with Gasteiger partial charge in [0.1, 0.15) is 0 Å². The molecule has 0 spiro atoms. The van der Waals surface area contributed by atoms with Crippen molar-refractivity contribution < 1.29 is 9.90 Å². The minimum atomic E-state index is 0.0539. The van der Waals surface area contributed by atoms with Crippen molar-refractivity contribution in [1.29, 1.82) is 0 Å². The molecule has 1 amide bonds. The summed E-state index contributed by atoms with van der Waals surface area (Å²) in [5, 5.41) is 9.12. The van der Waals surface area contributed by atoms with Crippen LogP contribution in [0.15, 0.2) is 0 Å². The summed E-state index contributed by atoms with van der Waals surface area (Å²) in [5.41, 5.74) is 5.96. The average molecular weight is 270 g/mol. The molecule has 1 aliphatic rings. The zero-order valence-electron chi connectivity index (χ0n) is 12.3. The highest BCUT2D eigenvalue weighted by molar-refractivity contribution is 5.79. The van der Waals surface area contributed by atoms with E-state index < -0.39 is 0 Å². The molecule has 1 saturated carbocycles. The smallest absolute Gasteiger partial charge is 0.225 e. The molecule has 0 bridgehead atoms. The van der Waals surface area contributed by atoms with Gasteiger partial charge < -0.3 is 15.7 Å². The van der Waals surface area contributed by atoms with Gasteiger partial charge in [0.25, 0.3) is 0 Å². The molecular weight excluding hydrogens is 240 g/mol. The fourth-order valence-electron chi connectivity index (χ4n) is 2.89. The number of nitrogens with zero attached hydrogens (tertiary/aromatic N) is 1. The Morgan fingerprint density at radius 1 is 1.26 bits per heavy atom. The zero-order valence-corrected chi connectivity index (χ0v) is 12.3. The molecule has 1 rings (SSSR count). The number of carbonyl (C=O) groups excluding carboxylic acids is 1. The summed E-state index contributed by atoms with van der Waals surface area (Å²) in [6, 6.07) is 0.179. The molecule has 0 aromatic carbocycles. The summed E-state index contributed by atoms with van der Waals surface area (Å²) in [7, 11) is 0. The van der Waals surface area contributed by atoms with E-state index in [-0.39, 0.29) is 24.5 Å². The van der Waals surface area contributed by atoms with Crippen molar-refractivity contribution >= 4 is 5.91 Å². The predicted octanol–water partition coefficient (Wildman–Crippen LogP) is 1.91. The maximum atomic E-state index is 12.5. The van der Waals surface area contributed by atoms with E-state index >= 15 is 0 Å². The number of unbranched alkanes of at least 4 members (excludes halogenated alkanes) is 3. The van der Waals surface area contributed by atoms with Gasteiger partial charge in [-0.05, 0) is 25.7 Å². The summed E-state index contributed by atoms with van der Waals surface area (Å²) in [4.78, 5) is 14.3. The van der Waals surface area contributed by atoms with Crippen molar-refractivity contribution in [3.63, 3.8) is 0 Å². The highest BCUT2D eigenvalue weighted by atomic mass is 16.3. The summed E-state index contributed by atoms with van der Waals surface area (Å²) in [6.07, 6.45) is 8.49. The van der Waals surface area contributed by atoms with Crippen molar-refractivity contribution in [2.75, 3.05) is 19.7 Å². The topological polar surface area (TPSA) is 66.6 Å². The quantitative estimate of drug-likeness (QED) is 0.662. The van der Waals surface area contributed by atoms with Crippen LogP contribution in [0.25, 0.3) is 0 Å². The average Bonchev–Trinajstić information content (AvgIpc) is 2.41. The van der Waals surface area contributed by atoms with E-state index in [0.29, 0.717) is 6.54 Å². The summed E-state index contributed by atoms with van der Waals surface area (Å²) in [6.45, 7) is 3.49. The van der Waals surface area contributed by atoms with Crippen LogP contribution in [0.2, 0.25) is 0 Å². The van der Waals surface area contributed by atoms with Crippen molar-refractivity contribution in [3.8, 4) is 0 Å². The van der Waals surface area contributed by atoms with Gasteiger partial charge in [-0.3, -0.25) is 4.79 Å². The van der Waals surface area contributed by atoms with Gasteiger partial charge in [0.05, 0.1) is 6.61 Å². The van der Waals surface area contributed by atoms with E-state index in [1.165, 1.54) is 12.8 Å².